The molecule has 0 N–H and O–H groups in total. The predicted molar refractivity (Wildman–Crippen MR) is 54.2 cm³/mol. The van der Waals surface area contributed by atoms with E-state index in [2.05, 4.69) is 15.2 Å². The van der Waals surface area contributed by atoms with Gasteiger partial charge >= 0.3 is 0 Å². The number of rotatable bonds is 3. The van der Waals surface area contributed by atoms with Crippen LogP contribution in [0.3, 0.4) is 0 Å². The van der Waals surface area contributed by atoms with Crippen LogP contribution in [0.15, 0.2) is 34.8 Å². The maximum Gasteiger partial charge on any atom is 0.299 e. The van der Waals surface area contributed by atoms with Crippen LogP contribution in [0.1, 0.15) is 0 Å². The monoisotopic (exact) mass is 219 g/mol. The van der Waals surface area contributed by atoms with Crippen molar-refractivity contribution < 1.29 is 9.53 Å². The van der Waals surface area contributed by atoms with Crippen LogP contribution in [-0.4, -0.2) is 16.3 Å². The van der Waals surface area contributed by atoms with Gasteiger partial charge in [0.05, 0.1) is 5.69 Å². The molecule has 15 heavy (non-hydrogen) atoms. The quantitative estimate of drug-likeness (QED) is 0.586. The fourth-order valence-corrected chi connectivity index (χ4v) is 1.40. The summed E-state index contributed by atoms with van der Waals surface area (Å²) < 4.78 is 5.36. The second-order valence-corrected chi connectivity index (χ2v) is 3.30. The Morgan fingerprint density at radius 3 is 3.13 bits per heavy atom. The van der Waals surface area contributed by atoms with E-state index in [0.717, 1.165) is 0 Å². The van der Waals surface area contributed by atoms with E-state index in [9.17, 15) is 4.79 Å². The highest BCUT2D eigenvalue weighted by atomic mass is 32.1. The Balaban J connectivity index is 2.22. The van der Waals surface area contributed by atoms with Crippen molar-refractivity contribution in [1.29, 1.82) is 0 Å². The minimum atomic E-state index is 0.447. The molecule has 2 aromatic rings. The molecule has 0 aliphatic carbocycles. The first-order chi connectivity index (χ1) is 7.38. The van der Waals surface area contributed by atoms with Gasteiger partial charge in [0.25, 0.3) is 5.19 Å². The first kappa shape index (κ1) is 9.51. The highest BCUT2D eigenvalue weighted by molar-refractivity contribution is 7.11. The number of hydrogen-bond donors (Lipinski definition) is 0. The average Bonchev–Trinajstić information content (AvgIpc) is 2.71. The molecule has 0 unspecified atom stereocenters. The second kappa shape index (κ2) is 4.45. The van der Waals surface area contributed by atoms with Gasteiger partial charge in [-0.3, -0.25) is 0 Å². The molecule has 0 aliphatic heterocycles. The lowest BCUT2D eigenvalue weighted by Gasteiger charge is -2.00. The molecule has 74 valence electrons. The Morgan fingerprint density at radius 1 is 1.47 bits per heavy atom. The molecule has 0 aliphatic rings. The van der Waals surface area contributed by atoms with Gasteiger partial charge in [-0.15, -0.1) is 5.10 Å². The number of hydrogen-bond acceptors (Lipinski definition) is 6. The molecule has 1 aromatic heterocycles. The molecule has 0 fully saturated rings. The largest absolute Gasteiger partial charge is 0.430 e. The van der Waals surface area contributed by atoms with Crippen molar-refractivity contribution in [2.45, 2.75) is 0 Å². The molecule has 5 nitrogen and oxygen atoms in total. The highest BCUT2D eigenvalue weighted by Gasteiger charge is 2.00. The van der Waals surface area contributed by atoms with Gasteiger partial charge in [-0.1, -0.05) is 22.5 Å². The van der Waals surface area contributed by atoms with Crippen LogP contribution in [0.25, 0.3) is 0 Å². The third-order valence-corrected chi connectivity index (χ3v) is 2.10. The van der Waals surface area contributed by atoms with E-state index in [1.165, 1.54) is 17.4 Å². The molecule has 0 atom stereocenters. The Labute approximate surface area is 89.1 Å². The van der Waals surface area contributed by atoms with Gasteiger partial charge in [-0.25, -0.2) is 4.79 Å². The van der Waals surface area contributed by atoms with Crippen molar-refractivity contribution in [1.82, 2.24) is 10.2 Å². The summed E-state index contributed by atoms with van der Waals surface area (Å²) >= 11 is 1.28. The first-order valence-corrected chi connectivity index (χ1v) is 4.88. The van der Waals surface area contributed by atoms with E-state index < -0.39 is 0 Å². The third kappa shape index (κ3) is 2.46. The molecular weight excluding hydrogens is 214 g/mol. The zero-order chi connectivity index (χ0) is 10.5. The van der Waals surface area contributed by atoms with Gasteiger partial charge in [0.2, 0.25) is 6.08 Å². The lowest BCUT2D eigenvalue weighted by Crippen LogP contribution is -1.82. The molecule has 0 spiro atoms. The normalized spacial score (nSPS) is 9.33. The van der Waals surface area contributed by atoms with Crippen LogP contribution in [0.2, 0.25) is 0 Å². The molecule has 1 heterocycles. The lowest BCUT2D eigenvalue weighted by atomic mass is 10.3. The van der Waals surface area contributed by atoms with Crippen molar-refractivity contribution in [3.63, 3.8) is 0 Å². The minimum Gasteiger partial charge on any atom is -0.430 e. The summed E-state index contributed by atoms with van der Waals surface area (Å²) in [6.45, 7) is 0. The molecule has 0 bridgehead atoms. The van der Waals surface area contributed by atoms with Gasteiger partial charge in [-0.2, -0.15) is 4.99 Å². The number of aliphatic imine (C=N–C) groups is 1. The maximum absolute atomic E-state index is 10.0. The number of isocyanates is 1. The van der Waals surface area contributed by atoms with Crippen LogP contribution in [-0.2, 0) is 4.79 Å². The third-order valence-electron chi connectivity index (χ3n) is 1.54. The number of nitrogens with zero attached hydrogens (tertiary/aromatic N) is 3. The smallest absolute Gasteiger partial charge is 0.299 e. The molecular formula is C9H5N3O2S. The van der Waals surface area contributed by atoms with E-state index in [1.54, 1.807) is 29.8 Å². The number of carbonyl (C=O) groups excluding carboxylic acids is 1. The number of aromatic nitrogens is 2. The Bertz CT molecular complexity index is 492. The summed E-state index contributed by atoms with van der Waals surface area (Å²) in [5, 5.41) is 7.81. The Kier molecular flexibility index (Phi) is 2.82. The number of ether oxygens (including phenoxy) is 1. The summed E-state index contributed by atoms with van der Waals surface area (Å²) in [5.41, 5.74) is 2.06. The summed E-state index contributed by atoms with van der Waals surface area (Å²) in [6.07, 6.45) is 1.46. The summed E-state index contributed by atoms with van der Waals surface area (Å²) in [6, 6.07) is 6.77. The molecule has 6 heteroatoms. The molecule has 2 rings (SSSR count). The van der Waals surface area contributed by atoms with Crippen LogP contribution >= 0.6 is 11.3 Å². The van der Waals surface area contributed by atoms with E-state index in [0.29, 0.717) is 16.6 Å². The summed E-state index contributed by atoms with van der Waals surface area (Å²) in [7, 11) is 0. The van der Waals surface area contributed by atoms with Crippen LogP contribution in [0.4, 0.5) is 5.69 Å². The van der Waals surface area contributed by atoms with Gasteiger partial charge < -0.3 is 4.74 Å². The van der Waals surface area contributed by atoms with Crippen molar-refractivity contribution in [3.8, 4) is 10.9 Å². The Morgan fingerprint density at radius 2 is 2.40 bits per heavy atom. The van der Waals surface area contributed by atoms with Gasteiger partial charge in [0.15, 0.2) is 0 Å². The predicted octanol–water partition coefficient (Wildman–Crippen LogP) is 2.30. The van der Waals surface area contributed by atoms with Crippen LogP contribution < -0.4 is 4.74 Å². The highest BCUT2D eigenvalue weighted by Crippen LogP contribution is 2.25. The topological polar surface area (TPSA) is 64.4 Å². The van der Waals surface area contributed by atoms with Gasteiger partial charge in [0.1, 0.15) is 11.3 Å². The minimum absolute atomic E-state index is 0.447. The van der Waals surface area contributed by atoms with E-state index in [1.807, 2.05) is 0 Å². The number of benzene rings is 1. The molecule has 0 radical (unpaired) electrons. The zero-order valence-corrected chi connectivity index (χ0v) is 8.27. The lowest BCUT2D eigenvalue weighted by molar-refractivity contribution is 0.473. The van der Waals surface area contributed by atoms with Gasteiger partial charge in [0, 0.05) is 6.07 Å². The van der Waals surface area contributed by atoms with Crippen molar-refractivity contribution in [2.24, 2.45) is 4.99 Å². The standard InChI is InChI=1S/C9H5N3O2S/c13-5-10-7-2-1-3-8(4-7)14-9-12-11-6-15-9/h1-4,6H. The summed E-state index contributed by atoms with van der Waals surface area (Å²) in [4.78, 5) is 13.5. The van der Waals surface area contributed by atoms with Crippen LogP contribution in [0.5, 0.6) is 10.9 Å². The van der Waals surface area contributed by atoms with E-state index in [4.69, 9.17) is 4.74 Å². The zero-order valence-electron chi connectivity index (χ0n) is 7.45. The summed E-state index contributed by atoms with van der Waals surface area (Å²) in [5.74, 6) is 0.559. The molecule has 0 saturated heterocycles. The van der Waals surface area contributed by atoms with Gasteiger partial charge in [-0.05, 0) is 12.1 Å². The van der Waals surface area contributed by atoms with Crippen molar-refractivity contribution >= 4 is 23.1 Å². The van der Waals surface area contributed by atoms with Crippen LogP contribution in [0, 0.1) is 0 Å². The molecule has 1 aromatic carbocycles. The molecule has 0 saturated carbocycles. The fourth-order valence-electron chi connectivity index (χ4n) is 0.977. The SMILES string of the molecule is O=C=Nc1cccc(Oc2nncs2)c1. The average molecular weight is 219 g/mol. The Hall–Kier alpha value is -2.04. The van der Waals surface area contributed by atoms with E-state index >= 15 is 0 Å². The van der Waals surface area contributed by atoms with Crippen molar-refractivity contribution in [2.75, 3.05) is 0 Å². The van der Waals surface area contributed by atoms with E-state index in [-0.39, 0.29) is 0 Å². The van der Waals surface area contributed by atoms with Crippen molar-refractivity contribution in [3.05, 3.63) is 29.8 Å². The maximum atomic E-state index is 10.0. The first-order valence-electron chi connectivity index (χ1n) is 4.00. The second-order valence-electron chi connectivity index (χ2n) is 2.51. The fraction of sp³-hybridized carbons (Fsp3) is 0. The molecule has 0 amide bonds.